The number of carbonyl (C=O) groups is 2. The molecule has 2 amide bonds. The largest absolute Gasteiger partial charge is 0.394 e. The van der Waals surface area contributed by atoms with Crippen LogP contribution in [0, 0.1) is 0 Å². The molecule has 0 radical (unpaired) electrons. The first-order valence-electron chi connectivity index (χ1n) is 11.8. The standard InChI is InChI=1S/C24H30N6O3/c1-15-4-2-10-29(15)24-27-19-13-25-23(33)21(19)22(28-24)26-17-8-6-16(7-9-17)12-20(32)30-11-3-5-18(30)14-31/h6-9,15,18,31H,2-5,10-14H2,1H3,(H,25,33)(H,26,27,28). The van der Waals surface area contributed by atoms with E-state index >= 15 is 0 Å². The highest BCUT2D eigenvalue weighted by atomic mass is 16.3. The number of nitrogens with one attached hydrogen (secondary N) is 2. The lowest BCUT2D eigenvalue weighted by atomic mass is 10.1. The molecule has 2 atom stereocenters. The number of rotatable bonds is 6. The van der Waals surface area contributed by atoms with Gasteiger partial charge in [-0.25, -0.2) is 4.98 Å². The fourth-order valence-electron chi connectivity index (χ4n) is 5.04. The minimum atomic E-state index is -0.167. The monoisotopic (exact) mass is 450 g/mol. The molecule has 9 heteroatoms. The summed E-state index contributed by atoms with van der Waals surface area (Å²) in [6.07, 6.45) is 4.32. The average molecular weight is 451 g/mol. The zero-order valence-corrected chi connectivity index (χ0v) is 18.9. The Labute approximate surface area is 193 Å². The number of aliphatic hydroxyl groups is 1. The molecule has 1 aromatic carbocycles. The second kappa shape index (κ2) is 8.97. The highest BCUT2D eigenvalue weighted by Crippen LogP contribution is 2.30. The van der Waals surface area contributed by atoms with Gasteiger partial charge in [0.05, 0.1) is 31.3 Å². The van der Waals surface area contributed by atoms with Crippen LogP contribution in [0.4, 0.5) is 17.5 Å². The van der Waals surface area contributed by atoms with Gasteiger partial charge in [-0.2, -0.15) is 4.98 Å². The number of carbonyl (C=O) groups excluding carboxylic acids is 2. The van der Waals surface area contributed by atoms with E-state index in [-0.39, 0.29) is 24.5 Å². The van der Waals surface area contributed by atoms with Gasteiger partial charge in [0, 0.05) is 24.8 Å². The van der Waals surface area contributed by atoms with Crippen molar-refractivity contribution in [3.8, 4) is 0 Å². The molecule has 0 saturated carbocycles. The smallest absolute Gasteiger partial charge is 0.257 e. The van der Waals surface area contributed by atoms with E-state index in [2.05, 4.69) is 27.4 Å². The molecule has 5 rings (SSSR count). The number of fused-ring (bicyclic) bond motifs is 1. The Bertz CT molecular complexity index is 1060. The maximum atomic E-state index is 12.6. The SMILES string of the molecule is CC1CCCN1c1nc2c(c(Nc3ccc(CC(=O)N4CCCC4CO)cc3)n1)C(=O)NC2. The molecule has 2 fully saturated rings. The Kier molecular flexibility index (Phi) is 5.88. The van der Waals surface area contributed by atoms with Crippen molar-refractivity contribution < 1.29 is 14.7 Å². The number of likely N-dealkylation sites (tertiary alicyclic amines) is 1. The Morgan fingerprint density at radius 3 is 2.70 bits per heavy atom. The van der Waals surface area contributed by atoms with Crippen molar-refractivity contribution in [1.29, 1.82) is 0 Å². The van der Waals surface area contributed by atoms with Gasteiger partial charge in [0.15, 0.2) is 0 Å². The number of hydrogen-bond donors (Lipinski definition) is 3. The minimum absolute atomic E-state index is 0.0175. The predicted octanol–water partition coefficient (Wildman–Crippen LogP) is 1.98. The van der Waals surface area contributed by atoms with Crippen LogP contribution in [0.2, 0.25) is 0 Å². The van der Waals surface area contributed by atoms with Crippen LogP contribution in [-0.2, 0) is 17.8 Å². The first-order valence-corrected chi connectivity index (χ1v) is 11.8. The quantitative estimate of drug-likeness (QED) is 0.617. The lowest BCUT2D eigenvalue weighted by molar-refractivity contribution is -0.132. The van der Waals surface area contributed by atoms with Crippen LogP contribution >= 0.6 is 0 Å². The number of aromatic nitrogens is 2. The molecule has 174 valence electrons. The first-order chi connectivity index (χ1) is 16.0. The van der Waals surface area contributed by atoms with Crippen molar-refractivity contribution in [2.75, 3.05) is 29.9 Å². The zero-order valence-electron chi connectivity index (χ0n) is 18.9. The third-order valence-electron chi connectivity index (χ3n) is 6.91. The summed E-state index contributed by atoms with van der Waals surface area (Å²) in [5.41, 5.74) is 2.92. The summed E-state index contributed by atoms with van der Waals surface area (Å²) in [5, 5.41) is 15.6. The topological polar surface area (TPSA) is 111 Å². The number of amides is 2. The van der Waals surface area contributed by atoms with Crippen molar-refractivity contribution in [2.24, 2.45) is 0 Å². The molecule has 3 N–H and O–H groups in total. The number of hydrogen-bond acceptors (Lipinski definition) is 7. The molecule has 0 bridgehead atoms. The summed E-state index contributed by atoms with van der Waals surface area (Å²) < 4.78 is 0. The Morgan fingerprint density at radius 1 is 1.18 bits per heavy atom. The molecule has 3 aliphatic rings. The fourth-order valence-corrected chi connectivity index (χ4v) is 5.04. The Balaban J connectivity index is 1.33. The van der Waals surface area contributed by atoms with E-state index in [0.29, 0.717) is 42.9 Å². The van der Waals surface area contributed by atoms with Gasteiger partial charge < -0.3 is 25.5 Å². The van der Waals surface area contributed by atoms with Crippen LogP contribution in [0.1, 0.15) is 54.2 Å². The van der Waals surface area contributed by atoms with Crippen molar-refractivity contribution in [3.63, 3.8) is 0 Å². The summed E-state index contributed by atoms with van der Waals surface area (Å²) >= 11 is 0. The third kappa shape index (κ3) is 4.25. The van der Waals surface area contributed by atoms with Crippen LogP contribution in [0.25, 0.3) is 0 Å². The van der Waals surface area contributed by atoms with Gasteiger partial charge >= 0.3 is 0 Å². The molecular formula is C24H30N6O3. The summed E-state index contributed by atoms with van der Waals surface area (Å²) in [6.45, 7) is 4.22. The lowest BCUT2D eigenvalue weighted by Gasteiger charge is -2.23. The predicted molar refractivity (Wildman–Crippen MR) is 124 cm³/mol. The lowest BCUT2D eigenvalue weighted by Crippen LogP contribution is -2.38. The van der Waals surface area contributed by atoms with Gasteiger partial charge in [0.25, 0.3) is 5.91 Å². The van der Waals surface area contributed by atoms with Gasteiger partial charge in [-0.3, -0.25) is 9.59 Å². The van der Waals surface area contributed by atoms with Gasteiger partial charge in [0.1, 0.15) is 11.4 Å². The van der Waals surface area contributed by atoms with E-state index in [0.717, 1.165) is 49.2 Å². The van der Waals surface area contributed by atoms with Crippen LogP contribution in [0.5, 0.6) is 0 Å². The van der Waals surface area contributed by atoms with E-state index in [1.807, 2.05) is 24.3 Å². The van der Waals surface area contributed by atoms with Crippen LogP contribution in [-0.4, -0.2) is 63.6 Å². The molecule has 1 aromatic heterocycles. The van der Waals surface area contributed by atoms with Gasteiger partial charge in [-0.15, -0.1) is 0 Å². The van der Waals surface area contributed by atoms with Crippen molar-refractivity contribution >= 4 is 29.3 Å². The van der Waals surface area contributed by atoms with Gasteiger partial charge in [0.2, 0.25) is 11.9 Å². The molecule has 3 aliphatic heterocycles. The van der Waals surface area contributed by atoms with Crippen LogP contribution < -0.4 is 15.5 Å². The van der Waals surface area contributed by atoms with E-state index in [9.17, 15) is 14.7 Å². The average Bonchev–Trinajstić information content (AvgIpc) is 3.55. The minimum Gasteiger partial charge on any atom is -0.394 e. The first kappa shape index (κ1) is 21.6. The number of nitrogens with zero attached hydrogens (tertiary/aromatic N) is 4. The molecule has 2 saturated heterocycles. The van der Waals surface area contributed by atoms with Crippen molar-refractivity contribution in [2.45, 2.75) is 57.7 Å². The molecule has 0 spiro atoms. The van der Waals surface area contributed by atoms with E-state index in [4.69, 9.17) is 4.98 Å². The summed E-state index contributed by atoms with van der Waals surface area (Å²) in [5.74, 6) is 1.04. The summed E-state index contributed by atoms with van der Waals surface area (Å²) in [7, 11) is 0. The second-order valence-corrected chi connectivity index (χ2v) is 9.13. The molecule has 2 unspecified atom stereocenters. The molecule has 4 heterocycles. The highest BCUT2D eigenvalue weighted by Gasteiger charge is 2.31. The summed E-state index contributed by atoms with van der Waals surface area (Å²) in [6, 6.07) is 7.94. The normalized spacial score (nSPS) is 21.9. The third-order valence-corrected chi connectivity index (χ3v) is 6.91. The Hall–Kier alpha value is -3.20. The second-order valence-electron chi connectivity index (χ2n) is 9.13. The Morgan fingerprint density at radius 2 is 1.97 bits per heavy atom. The molecule has 9 nitrogen and oxygen atoms in total. The van der Waals surface area contributed by atoms with E-state index < -0.39 is 0 Å². The number of anilines is 3. The zero-order chi connectivity index (χ0) is 22.9. The summed E-state index contributed by atoms with van der Waals surface area (Å²) in [4.78, 5) is 38.4. The highest BCUT2D eigenvalue weighted by molar-refractivity contribution is 6.02. The number of benzene rings is 1. The maximum absolute atomic E-state index is 12.6. The number of aliphatic hydroxyl groups excluding tert-OH is 1. The molecule has 0 aliphatic carbocycles. The van der Waals surface area contributed by atoms with Gasteiger partial charge in [-0.05, 0) is 50.3 Å². The van der Waals surface area contributed by atoms with Gasteiger partial charge in [-0.1, -0.05) is 12.1 Å². The van der Waals surface area contributed by atoms with Crippen LogP contribution in [0.3, 0.4) is 0 Å². The molecule has 33 heavy (non-hydrogen) atoms. The molecular weight excluding hydrogens is 420 g/mol. The van der Waals surface area contributed by atoms with Crippen LogP contribution in [0.15, 0.2) is 24.3 Å². The van der Waals surface area contributed by atoms with Crippen molar-refractivity contribution in [1.82, 2.24) is 20.2 Å². The van der Waals surface area contributed by atoms with E-state index in [1.165, 1.54) is 0 Å². The van der Waals surface area contributed by atoms with E-state index in [1.54, 1.807) is 4.90 Å². The fraction of sp³-hybridized carbons (Fsp3) is 0.500. The maximum Gasteiger partial charge on any atom is 0.257 e. The van der Waals surface area contributed by atoms with Crippen molar-refractivity contribution in [3.05, 3.63) is 41.1 Å². The molecule has 2 aromatic rings.